The largest absolute Gasteiger partial charge is 0.394 e. The fourth-order valence-electron chi connectivity index (χ4n) is 3.13. The fourth-order valence-corrected chi connectivity index (χ4v) is 3.92. The van der Waals surface area contributed by atoms with E-state index in [0.29, 0.717) is 0 Å². The maximum Gasteiger partial charge on any atom is 0.290 e. The van der Waals surface area contributed by atoms with Crippen LogP contribution >= 0.6 is 0 Å². The number of benzene rings is 1. The van der Waals surface area contributed by atoms with Gasteiger partial charge in [0.15, 0.2) is 15.5 Å². The summed E-state index contributed by atoms with van der Waals surface area (Å²) in [6.45, 7) is -0.987. The van der Waals surface area contributed by atoms with Gasteiger partial charge in [0, 0.05) is 13.3 Å². The van der Waals surface area contributed by atoms with Crippen molar-refractivity contribution < 1.29 is 27.4 Å². The summed E-state index contributed by atoms with van der Waals surface area (Å²) >= 11 is 0. The molecule has 0 fully saturated rings. The minimum absolute atomic E-state index is 0.159. The number of sulfone groups is 1. The van der Waals surface area contributed by atoms with Crippen LogP contribution in [-0.4, -0.2) is 51.7 Å². The molecule has 0 aliphatic carbocycles. The molecule has 0 spiro atoms. The molecule has 1 atom stereocenters. The number of fused-ring (bicyclic) bond motifs is 1. The molecule has 0 saturated heterocycles. The minimum Gasteiger partial charge on any atom is -0.394 e. The van der Waals surface area contributed by atoms with Crippen molar-refractivity contribution in [2.24, 2.45) is 7.05 Å². The molecule has 13 heteroatoms. The molecule has 3 rings (SSSR count). The van der Waals surface area contributed by atoms with Gasteiger partial charge in [-0.05, 0) is 17.7 Å². The van der Waals surface area contributed by atoms with Gasteiger partial charge >= 0.3 is 0 Å². The van der Waals surface area contributed by atoms with Crippen LogP contribution in [0.4, 0.5) is 20.2 Å². The minimum atomic E-state index is -3.42. The molecule has 0 radical (unpaired) electrons. The number of aromatic nitrogens is 3. The molecule has 172 valence electrons. The first kappa shape index (κ1) is 23.5. The highest BCUT2D eigenvalue weighted by molar-refractivity contribution is 7.89. The lowest BCUT2D eigenvalue weighted by Crippen LogP contribution is -2.32. The first-order valence-corrected chi connectivity index (χ1v) is 11.3. The van der Waals surface area contributed by atoms with E-state index in [9.17, 15) is 31.9 Å². The Bertz CT molecular complexity index is 1420. The van der Waals surface area contributed by atoms with Gasteiger partial charge in [0.05, 0.1) is 36.4 Å². The molecule has 0 aliphatic rings. The second-order valence-corrected chi connectivity index (χ2v) is 9.44. The third-order valence-corrected chi connectivity index (χ3v) is 5.50. The van der Waals surface area contributed by atoms with Crippen molar-refractivity contribution in [3.8, 4) is 0 Å². The molecule has 0 saturated carbocycles. The number of anilines is 2. The fraction of sp³-hybridized carbons (Fsp3) is 0.316. The van der Waals surface area contributed by atoms with Gasteiger partial charge in [0.25, 0.3) is 11.1 Å². The van der Waals surface area contributed by atoms with E-state index < -0.39 is 56.7 Å². The topological polar surface area (TPSA) is 144 Å². The maximum atomic E-state index is 14.9. The SMILES string of the molecule is Cn1c(=O)c(F)c(Nc2ccc(CS(C)(=O)=O)cc2F)c2c(=O)n(C[C@@H](O)CO)cnc21. The first-order valence-electron chi connectivity index (χ1n) is 9.22. The van der Waals surface area contributed by atoms with Crippen molar-refractivity contribution in [3.63, 3.8) is 0 Å². The standard InChI is InChI=1S/C19H20F2N4O6S/c1-24-17-14(18(28)25(9-22-17)6-11(27)7-26)16(15(21)19(24)29)23-13-4-3-10(5-12(13)20)8-32(2,30)31/h3-5,9,11,23,26-27H,6-8H2,1-2H3/t11-/m1/s1. The molecule has 0 bridgehead atoms. The van der Waals surface area contributed by atoms with Crippen molar-refractivity contribution in [2.75, 3.05) is 18.2 Å². The molecule has 0 unspecified atom stereocenters. The van der Waals surface area contributed by atoms with Crippen LogP contribution in [0.2, 0.25) is 0 Å². The third kappa shape index (κ3) is 4.69. The van der Waals surface area contributed by atoms with Crippen LogP contribution in [0, 0.1) is 11.6 Å². The second-order valence-electron chi connectivity index (χ2n) is 7.30. The lowest BCUT2D eigenvalue weighted by molar-refractivity contribution is 0.0802. The van der Waals surface area contributed by atoms with Crippen LogP contribution in [-0.2, 0) is 29.2 Å². The molecule has 1 aromatic carbocycles. The van der Waals surface area contributed by atoms with E-state index in [4.69, 9.17) is 5.11 Å². The normalized spacial score (nSPS) is 12.8. The molecular weight excluding hydrogens is 450 g/mol. The van der Waals surface area contributed by atoms with Crippen LogP contribution in [0.5, 0.6) is 0 Å². The Morgan fingerprint density at radius 2 is 1.91 bits per heavy atom. The maximum absolute atomic E-state index is 14.9. The van der Waals surface area contributed by atoms with E-state index in [0.717, 1.165) is 33.9 Å². The van der Waals surface area contributed by atoms with Crippen LogP contribution in [0.3, 0.4) is 0 Å². The van der Waals surface area contributed by atoms with Gasteiger partial charge in [-0.1, -0.05) is 6.07 Å². The van der Waals surface area contributed by atoms with E-state index in [2.05, 4.69) is 10.3 Å². The lowest BCUT2D eigenvalue weighted by atomic mass is 10.2. The molecule has 10 nitrogen and oxygen atoms in total. The zero-order chi connectivity index (χ0) is 23.8. The Hall–Kier alpha value is -3.16. The Labute approximate surface area is 180 Å². The first-order chi connectivity index (χ1) is 14.9. The Balaban J connectivity index is 2.18. The van der Waals surface area contributed by atoms with E-state index in [1.165, 1.54) is 13.1 Å². The van der Waals surface area contributed by atoms with Crippen LogP contribution in [0.25, 0.3) is 11.0 Å². The summed E-state index contributed by atoms with van der Waals surface area (Å²) in [7, 11) is -2.21. The number of hydrogen-bond donors (Lipinski definition) is 3. The molecule has 3 aromatic rings. The number of pyridine rings is 1. The van der Waals surface area contributed by atoms with Crippen molar-refractivity contribution in [1.82, 2.24) is 14.1 Å². The van der Waals surface area contributed by atoms with Gasteiger partial charge in [-0.2, -0.15) is 4.39 Å². The molecule has 2 heterocycles. The number of nitrogens with one attached hydrogen (secondary N) is 1. The number of hydrogen-bond acceptors (Lipinski definition) is 8. The number of aliphatic hydroxyl groups excluding tert-OH is 2. The summed E-state index contributed by atoms with van der Waals surface area (Å²) < 4.78 is 54.0. The van der Waals surface area contributed by atoms with Gasteiger partial charge < -0.3 is 15.5 Å². The van der Waals surface area contributed by atoms with Gasteiger partial charge in [0.2, 0.25) is 5.82 Å². The zero-order valence-corrected chi connectivity index (χ0v) is 17.9. The third-order valence-electron chi connectivity index (χ3n) is 4.64. The average Bonchev–Trinajstić information content (AvgIpc) is 2.71. The van der Waals surface area contributed by atoms with E-state index in [1.54, 1.807) is 0 Å². The lowest BCUT2D eigenvalue weighted by Gasteiger charge is -2.16. The van der Waals surface area contributed by atoms with Crippen LogP contribution in [0.15, 0.2) is 34.1 Å². The highest BCUT2D eigenvalue weighted by Crippen LogP contribution is 2.26. The number of halogens is 2. The Morgan fingerprint density at radius 1 is 1.22 bits per heavy atom. The number of aryl methyl sites for hydroxylation is 1. The highest BCUT2D eigenvalue weighted by atomic mass is 32.2. The smallest absolute Gasteiger partial charge is 0.290 e. The zero-order valence-electron chi connectivity index (χ0n) is 17.0. The summed E-state index contributed by atoms with van der Waals surface area (Å²) in [6.07, 6.45) is 0.732. The second kappa shape index (κ2) is 8.76. The average molecular weight is 470 g/mol. The molecular formula is C19H20F2N4O6S. The molecule has 0 aliphatic heterocycles. The highest BCUT2D eigenvalue weighted by Gasteiger charge is 2.22. The predicted molar refractivity (Wildman–Crippen MR) is 113 cm³/mol. The van der Waals surface area contributed by atoms with Crippen molar-refractivity contribution in [3.05, 3.63) is 62.4 Å². The Kier molecular flexibility index (Phi) is 6.44. The predicted octanol–water partition coefficient (Wildman–Crippen LogP) is 0.0148. The number of rotatable bonds is 7. The van der Waals surface area contributed by atoms with Crippen LogP contribution < -0.4 is 16.4 Å². The van der Waals surface area contributed by atoms with E-state index in [-0.39, 0.29) is 28.8 Å². The number of aliphatic hydroxyl groups is 2. The summed E-state index contributed by atoms with van der Waals surface area (Å²) in [5.74, 6) is -2.70. The van der Waals surface area contributed by atoms with Gasteiger partial charge in [-0.25, -0.2) is 17.8 Å². The summed E-state index contributed by atoms with van der Waals surface area (Å²) in [6, 6.07) is 3.41. The van der Waals surface area contributed by atoms with Crippen molar-refractivity contribution in [1.29, 1.82) is 0 Å². The number of nitrogens with zero attached hydrogens (tertiary/aromatic N) is 3. The van der Waals surface area contributed by atoms with E-state index in [1.807, 2.05) is 0 Å². The van der Waals surface area contributed by atoms with Crippen molar-refractivity contribution in [2.45, 2.75) is 18.4 Å². The van der Waals surface area contributed by atoms with Crippen molar-refractivity contribution >= 4 is 32.2 Å². The monoisotopic (exact) mass is 470 g/mol. The van der Waals surface area contributed by atoms with Gasteiger partial charge in [-0.3, -0.25) is 18.7 Å². The quantitative estimate of drug-likeness (QED) is 0.438. The molecule has 3 N–H and O–H groups in total. The molecule has 32 heavy (non-hydrogen) atoms. The summed E-state index contributed by atoms with van der Waals surface area (Å²) in [5.41, 5.74) is -2.91. The summed E-state index contributed by atoms with van der Waals surface area (Å²) in [4.78, 5) is 29.2. The van der Waals surface area contributed by atoms with Gasteiger partial charge in [0.1, 0.15) is 17.5 Å². The van der Waals surface area contributed by atoms with E-state index >= 15 is 0 Å². The molecule has 2 aromatic heterocycles. The molecule has 0 amide bonds. The Morgan fingerprint density at radius 3 is 2.50 bits per heavy atom. The van der Waals surface area contributed by atoms with Gasteiger partial charge in [-0.15, -0.1) is 0 Å². The summed E-state index contributed by atoms with van der Waals surface area (Å²) in [5, 5.41) is 20.7. The van der Waals surface area contributed by atoms with Crippen LogP contribution in [0.1, 0.15) is 5.56 Å².